The number of carbonyl (C=O) groups is 2. The first-order chi connectivity index (χ1) is 15.2. The number of likely N-dealkylation sites (N-methyl/N-ethyl adjacent to an activating group) is 1. The van der Waals surface area contributed by atoms with E-state index in [1.165, 1.54) is 16.5 Å². The smallest absolute Gasteiger partial charge is 0.349 e. The summed E-state index contributed by atoms with van der Waals surface area (Å²) < 4.78 is 7.31. The van der Waals surface area contributed by atoms with E-state index in [9.17, 15) is 14.9 Å². The molecule has 0 radical (unpaired) electrons. The van der Waals surface area contributed by atoms with Gasteiger partial charge in [-0.15, -0.1) is 0 Å². The zero-order valence-corrected chi connectivity index (χ0v) is 19.9. The topological polar surface area (TPSA) is 75.3 Å². The van der Waals surface area contributed by atoms with Crippen LogP contribution in [0.3, 0.4) is 0 Å². The molecule has 1 aromatic heterocycles. The van der Waals surface area contributed by atoms with Crippen molar-refractivity contribution in [3.63, 3.8) is 0 Å². The van der Waals surface area contributed by atoms with Crippen LogP contribution < -0.4 is 0 Å². The number of carbonyl (C=O) groups excluding carboxylic acids is 2. The van der Waals surface area contributed by atoms with Gasteiger partial charge in [0.15, 0.2) is 6.61 Å². The Morgan fingerprint density at radius 1 is 1.19 bits per heavy atom. The first kappa shape index (κ1) is 24.9. The number of ether oxygens (including phenoxy) is 1. The van der Waals surface area contributed by atoms with Gasteiger partial charge in [0, 0.05) is 31.5 Å². The number of aromatic nitrogens is 1. The molecule has 0 bridgehead atoms. The Balaban J connectivity index is 2.01. The highest BCUT2D eigenvalue weighted by atomic mass is 16.5. The molecule has 170 valence electrons. The van der Waals surface area contributed by atoms with Gasteiger partial charge in [0.05, 0.1) is 0 Å². The minimum Gasteiger partial charge on any atom is -0.451 e. The lowest BCUT2D eigenvalue weighted by Gasteiger charge is -2.17. The molecule has 6 heteroatoms. The van der Waals surface area contributed by atoms with E-state index >= 15 is 0 Å². The number of nitrogens with zero attached hydrogens (tertiary/aromatic N) is 3. The van der Waals surface area contributed by atoms with Crippen LogP contribution in [-0.4, -0.2) is 35.0 Å². The summed E-state index contributed by atoms with van der Waals surface area (Å²) in [5.41, 5.74) is 4.96. The molecule has 0 aliphatic rings. The van der Waals surface area contributed by atoms with Crippen LogP contribution in [0.2, 0.25) is 0 Å². The maximum atomic E-state index is 12.4. The van der Waals surface area contributed by atoms with Gasteiger partial charge < -0.3 is 14.2 Å². The molecular formula is C26H33N3O3. The van der Waals surface area contributed by atoms with Crippen molar-refractivity contribution in [2.75, 3.05) is 13.7 Å². The molecule has 1 heterocycles. The molecule has 0 saturated heterocycles. The Morgan fingerprint density at radius 2 is 1.81 bits per heavy atom. The maximum absolute atomic E-state index is 12.4. The van der Waals surface area contributed by atoms with E-state index < -0.39 is 12.6 Å². The van der Waals surface area contributed by atoms with E-state index in [-0.39, 0.29) is 11.5 Å². The number of benzene rings is 1. The predicted octanol–water partition coefficient (Wildman–Crippen LogP) is 4.43. The molecule has 1 amide bonds. The summed E-state index contributed by atoms with van der Waals surface area (Å²) in [6.07, 6.45) is 2.49. The first-order valence-electron chi connectivity index (χ1n) is 10.9. The monoisotopic (exact) mass is 435 g/mol. The zero-order valence-electron chi connectivity index (χ0n) is 19.9. The summed E-state index contributed by atoms with van der Waals surface area (Å²) in [5.74, 6) is -0.648. The third-order valence-electron chi connectivity index (χ3n) is 5.40. The molecule has 6 nitrogen and oxygen atoms in total. The highest BCUT2D eigenvalue weighted by Gasteiger charge is 2.17. The van der Waals surface area contributed by atoms with Crippen molar-refractivity contribution < 1.29 is 14.3 Å². The molecule has 0 saturated carbocycles. The van der Waals surface area contributed by atoms with E-state index in [4.69, 9.17) is 4.74 Å². The first-order valence-corrected chi connectivity index (χ1v) is 10.9. The average molecular weight is 436 g/mol. The summed E-state index contributed by atoms with van der Waals surface area (Å²) in [6, 6.07) is 11.9. The molecule has 0 aliphatic carbocycles. The number of hydrogen-bond donors (Lipinski definition) is 0. The second kappa shape index (κ2) is 11.3. The molecule has 0 unspecified atom stereocenters. The molecule has 0 atom stereocenters. The van der Waals surface area contributed by atoms with Crippen LogP contribution in [0.5, 0.6) is 0 Å². The number of rotatable bonds is 9. The lowest BCUT2D eigenvalue weighted by Crippen LogP contribution is -2.31. The molecular weight excluding hydrogens is 402 g/mol. The molecule has 2 aromatic rings. The Morgan fingerprint density at radius 3 is 2.38 bits per heavy atom. The molecule has 0 N–H and O–H groups in total. The number of nitriles is 1. The summed E-state index contributed by atoms with van der Waals surface area (Å²) in [4.78, 5) is 26.3. The van der Waals surface area contributed by atoms with Gasteiger partial charge in [0.25, 0.3) is 5.91 Å². The van der Waals surface area contributed by atoms with Crippen molar-refractivity contribution >= 4 is 18.0 Å². The van der Waals surface area contributed by atoms with Crippen LogP contribution in [0.25, 0.3) is 6.08 Å². The fraction of sp³-hybridized carbons (Fsp3) is 0.423. The van der Waals surface area contributed by atoms with Gasteiger partial charge in [-0.1, -0.05) is 45.0 Å². The molecule has 0 spiro atoms. The lowest BCUT2D eigenvalue weighted by atomic mass is 10.1. The molecule has 0 fully saturated rings. The van der Waals surface area contributed by atoms with Crippen molar-refractivity contribution in [3.05, 3.63) is 64.0 Å². The summed E-state index contributed by atoms with van der Waals surface area (Å²) >= 11 is 0. The van der Waals surface area contributed by atoms with Crippen molar-refractivity contribution in [3.8, 4) is 6.07 Å². The van der Waals surface area contributed by atoms with Crippen LogP contribution in [0.15, 0.2) is 35.9 Å². The van der Waals surface area contributed by atoms with Crippen LogP contribution in [-0.2, 0) is 33.8 Å². The van der Waals surface area contributed by atoms with Gasteiger partial charge in [-0.25, -0.2) is 4.79 Å². The Hall–Kier alpha value is -3.33. The normalized spacial score (nSPS) is 11.4. The minimum absolute atomic E-state index is 0.125. The molecule has 32 heavy (non-hydrogen) atoms. The maximum Gasteiger partial charge on any atom is 0.349 e. The molecule has 0 aliphatic heterocycles. The fourth-order valence-electron chi connectivity index (χ4n) is 3.47. The van der Waals surface area contributed by atoms with E-state index in [0.29, 0.717) is 12.5 Å². The quantitative estimate of drug-likeness (QED) is 0.332. The summed E-state index contributed by atoms with van der Waals surface area (Å²) in [7, 11) is 1.66. The largest absolute Gasteiger partial charge is 0.451 e. The SMILES string of the molecule is CCc1ccc(CN(C)C(=O)COC(=O)/C(C#N)=C/c2cc(C)n(CC(C)C)c2C)cc1. The second-order valence-electron chi connectivity index (χ2n) is 8.50. The van der Waals surface area contributed by atoms with Crippen LogP contribution in [0, 0.1) is 31.1 Å². The van der Waals surface area contributed by atoms with E-state index in [0.717, 1.165) is 35.5 Å². The highest BCUT2D eigenvalue weighted by molar-refractivity contribution is 5.99. The Labute approximate surface area is 191 Å². The van der Waals surface area contributed by atoms with Gasteiger partial charge in [-0.05, 0) is 55.0 Å². The van der Waals surface area contributed by atoms with E-state index in [1.807, 2.05) is 50.2 Å². The van der Waals surface area contributed by atoms with Gasteiger partial charge in [-0.2, -0.15) is 5.26 Å². The minimum atomic E-state index is -0.796. The Bertz CT molecular complexity index is 1020. The standard InChI is InChI=1S/C26H33N3O3/c1-7-21-8-10-22(11-9-21)16-28(6)25(30)17-32-26(31)24(14-27)13-23-12-19(4)29(20(23)5)15-18(2)3/h8-13,18H,7,15-17H2,1-6H3/b24-13+. The fourth-order valence-corrected chi connectivity index (χ4v) is 3.47. The second-order valence-corrected chi connectivity index (χ2v) is 8.50. The number of amides is 1. The van der Waals surface area contributed by atoms with Crippen LogP contribution >= 0.6 is 0 Å². The molecule has 2 rings (SSSR count). The highest BCUT2D eigenvalue weighted by Crippen LogP contribution is 2.20. The van der Waals surface area contributed by atoms with Crippen molar-refractivity contribution in [1.82, 2.24) is 9.47 Å². The van der Waals surface area contributed by atoms with Gasteiger partial charge in [-0.3, -0.25) is 4.79 Å². The molecule has 1 aromatic carbocycles. The van der Waals surface area contributed by atoms with Crippen LogP contribution in [0.4, 0.5) is 0 Å². The van der Waals surface area contributed by atoms with Gasteiger partial charge in [0.2, 0.25) is 0 Å². The number of aryl methyl sites for hydroxylation is 2. The summed E-state index contributed by atoms with van der Waals surface area (Å²) in [5, 5.41) is 9.46. The van der Waals surface area contributed by atoms with Crippen LogP contribution in [0.1, 0.15) is 48.8 Å². The van der Waals surface area contributed by atoms with Gasteiger partial charge >= 0.3 is 5.97 Å². The van der Waals surface area contributed by atoms with Crippen molar-refractivity contribution in [2.24, 2.45) is 5.92 Å². The van der Waals surface area contributed by atoms with Crippen molar-refractivity contribution in [1.29, 1.82) is 5.26 Å². The third-order valence-corrected chi connectivity index (χ3v) is 5.40. The van der Waals surface area contributed by atoms with E-state index in [2.05, 4.69) is 25.3 Å². The number of esters is 1. The summed E-state index contributed by atoms with van der Waals surface area (Å²) in [6.45, 7) is 11.2. The van der Waals surface area contributed by atoms with Gasteiger partial charge in [0.1, 0.15) is 11.6 Å². The predicted molar refractivity (Wildman–Crippen MR) is 126 cm³/mol. The lowest BCUT2D eigenvalue weighted by molar-refractivity contribution is -0.148. The Kier molecular flexibility index (Phi) is 8.83. The number of hydrogen-bond acceptors (Lipinski definition) is 4. The third kappa shape index (κ3) is 6.58. The zero-order chi connectivity index (χ0) is 23.8. The van der Waals surface area contributed by atoms with Crippen molar-refractivity contribution in [2.45, 2.75) is 54.1 Å². The van der Waals surface area contributed by atoms with E-state index in [1.54, 1.807) is 7.05 Å². The average Bonchev–Trinajstić information content (AvgIpc) is 3.02.